The van der Waals surface area contributed by atoms with Crippen LogP contribution in [0, 0.1) is 0 Å². The van der Waals surface area contributed by atoms with Gasteiger partial charge < -0.3 is 19.8 Å². The Morgan fingerprint density at radius 2 is 1.50 bits per heavy atom. The predicted octanol–water partition coefficient (Wildman–Crippen LogP) is 4.42. The molecule has 0 aliphatic heterocycles. The molecule has 2 aromatic heterocycles. The number of nitrogen functional groups attached to an aromatic ring is 1. The van der Waals surface area contributed by atoms with Crippen molar-refractivity contribution in [1.29, 1.82) is 0 Å². The van der Waals surface area contributed by atoms with Gasteiger partial charge in [0.25, 0.3) is 0 Å². The van der Waals surface area contributed by atoms with Crippen molar-refractivity contribution in [2.75, 3.05) is 18.9 Å². The summed E-state index contributed by atoms with van der Waals surface area (Å²) in [6.07, 6.45) is 3.73. The Labute approximate surface area is 191 Å². The topological polar surface area (TPSA) is 88.1 Å². The van der Waals surface area contributed by atoms with Crippen molar-refractivity contribution in [3.8, 4) is 0 Å². The van der Waals surface area contributed by atoms with Crippen molar-refractivity contribution in [3.63, 3.8) is 0 Å². The fraction of sp³-hybridized carbons (Fsp3) is 0.208. The van der Waals surface area contributed by atoms with Crippen LogP contribution in [0.3, 0.4) is 0 Å². The van der Waals surface area contributed by atoms with Gasteiger partial charge in [0.2, 0.25) is 5.95 Å². The third kappa shape index (κ3) is 5.91. The minimum absolute atomic E-state index is 0.117. The summed E-state index contributed by atoms with van der Waals surface area (Å²) in [4.78, 5) is 12.5. The second-order valence-electron chi connectivity index (χ2n) is 7.26. The number of hydrogen-bond acceptors (Lipinski definition) is 6. The van der Waals surface area contributed by atoms with Crippen LogP contribution in [0.15, 0.2) is 78.6 Å². The molecule has 0 saturated carbocycles. The Bertz CT molecular complexity index is 1130. The van der Waals surface area contributed by atoms with Gasteiger partial charge in [0, 0.05) is 6.54 Å². The van der Waals surface area contributed by atoms with E-state index in [0.717, 1.165) is 16.7 Å². The highest BCUT2D eigenvalue weighted by molar-refractivity contribution is 6.33. The molecule has 2 N–H and O–H groups in total. The molecule has 0 aliphatic rings. The lowest BCUT2D eigenvalue weighted by molar-refractivity contribution is 0.105. The molecule has 0 unspecified atom stereocenters. The summed E-state index contributed by atoms with van der Waals surface area (Å²) < 4.78 is 13.7. The van der Waals surface area contributed by atoms with Crippen LogP contribution in [-0.4, -0.2) is 32.7 Å². The first-order valence-corrected chi connectivity index (χ1v) is 10.6. The fourth-order valence-corrected chi connectivity index (χ4v) is 3.41. The molecule has 0 amide bonds. The third-order valence-electron chi connectivity index (χ3n) is 4.81. The van der Waals surface area contributed by atoms with Crippen molar-refractivity contribution in [2.45, 2.75) is 19.8 Å². The zero-order chi connectivity index (χ0) is 22.2. The van der Waals surface area contributed by atoms with Crippen LogP contribution in [0.5, 0.6) is 0 Å². The first-order chi connectivity index (χ1) is 15.7. The molecule has 0 aliphatic carbocycles. The Balaban J connectivity index is 1.43. The maximum Gasteiger partial charge on any atom is 0.223 e. The second kappa shape index (κ2) is 10.9. The Kier molecular flexibility index (Phi) is 7.45. The molecule has 2 heterocycles. The SMILES string of the molecule is Nc1nc(Cl)c2ncn(CC=C(COCc3ccccc3)COCc3ccccc3)c2n1. The molecule has 8 heteroatoms. The molecule has 0 saturated heterocycles. The van der Waals surface area contributed by atoms with Crippen LogP contribution < -0.4 is 5.73 Å². The normalized spacial score (nSPS) is 11.0. The predicted molar refractivity (Wildman–Crippen MR) is 125 cm³/mol. The molecule has 4 aromatic rings. The van der Waals surface area contributed by atoms with Crippen LogP contribution in [0.1, 0.15) is 11.1 Å². The lowest BCUT2D eigenvalue weighted by atomic mass is 10.2. The smallest absolute Gasteiger partial charge is 0.223 e. The summed E-state index contributed by atoms with van der Waals surface area (Å²) in [5, 5.41) is 0.243. The molecule has 0 bridgehead atoms. The highest BCUT2D eigenvalue weighted by Gasteiger charge is 2.10. The van der Waals surface area contributed by atoms with E-state index in [0.29, 0.717) is 44.1 Å². The highest BCUT2D eigenvalue weighted by atomic mass is 35.5. The van der Waals surface area contributed by atoms with E-state index in [9.17, 15) is 0 Å². The Morgan fingerprint density at radius 1 is 0.906 bits per heavy atom. The van der Waals surface area contributed by atoms with Gasteiger partial charge in [-0.3, -0.25) is 0 Å². The van der Waals surface area contributed by atoms with E-state index >= 15 is 0 Å². The molecular formula is C24H24ClN5O2. The first-order valence-electron chi connectivity index (χ1n) is 10.2. The number of anilines is 1. The average Bonchev–Trinajstić information content (AvgIpc) is 3.21. The van der Waals surface area contributed by atoms with Crippen molar-refractivity contribution < 1.29 is 9.47 Å². The monoisotopic (exact) mass is 449 g/mol. The number of allylic oxidation sites excluding steroid dienone is 1. The lowest BCUT2D eigenvalue weighted by Crippen LogP contribution is -2.08. The van der Waals surface area contributed by atoms with Gasteiger partial charge in [-0.2, -0.15) is 9.97 Å². The second-order valence-corrected chi connectivity index (χ2v) is 7.62. The van der Waals surface area contributed by atoms with Crippen molar-refractivity contribution in [1.82, 2.24) is 19.5 Å². The maximum absolute atomic E-state index is 6.13. The summed E-state index contributed by atoms with van der Waals surface area (Å²) in [5.74, 6) is 0.117. The number of imidazole rings is 1. The number of ether oxygens (including phenoxy) is 2. The largest absolute Gasteiger partial charge is 0.372 e. The van der Waals surface area contributed by atoms with Crippen molar-refractivity contribution in [3.05, 3.63) is 94.9 Å². The molecule has 0 fully saturated rings. The number of rotatable bonds is 10. The number of aromatic nitrogens is 4. The number of nitrogens with two attached hydrogens (primary N) is 1. The van der Waals surface area contributed by atoms with E-state index in [-0.39, 0.29) is 11.1 Å². The van der Waals surface area contributed by atoms with E-state index in [1.54, 1.807) is 6.33 Å². The van der Waals surface area contributed by atoms with E-state index in [1.165, 1.54) is 0 Å². The van der Waals surface area contributed by atoms with Gasteiger partial charge in [-0.1, -0.05) is 78.3 Å². The highest BCUT2D eigenvalue weighted by Crippen LogP contribution is 2.19. The summed E-state index contributed by atoms with van der Waals surface area (Å²) in [7, 11) is 0. The molecule has 0 spiro atoms. The molecule has 0 radical (unpaired) electrons. The van der Waals surface area contributed by atoms with Gasteiger partial charge in [0.15, 0.2) is 10.8 Å². The molecule has 164 valence electrons. The van der Waals surface area contributed by atoms with Gasteiger partial charge in [0.05, 0.1) is 32.8 Å². The van der Waals surface area contributed by atoms with Crippen molar-refractivity contribution in [2.24, 2.45) is 0 Å². The van der Waals surface area contributed by atoms with Crippen molar-refractivity contribution >= 4 is 28.7 Å². The third-order valence-corrected chi connectivity index (χ3v) is 5.08. The van der Waals surface area contributed by atoms with E-state index < -0.39 is 0 Å². The van der Waals surface area contributed by atoms with E-state index in [2.05, 4.69) is 21.0 Å². The zero-order valence-electron chi connectivity index (χ0n) is 17.5. The Morgan fingerprint density at radius 3 is 2.09 bits per heavy atom. The van der Waals surface area contributed by atoms with Crippen LogP contribution in [0.4, 0.5) is 5.95 Å². The molecule has 4 rings (SSSR count). The van der Waals surface area contributed by atoms with E-state index in [1.807, 2.05) is 65.2 Å². The number of nitrogens with zero attached hydrogens (tertiary/aromatic N) is 4. The molecular weight excluding hydrogens is 426 g/mol. The quantitative estimate of drug-likeness (QED) is 0.285. The van der Waals surface area contributed by atoms with Crippen LogP contribution in [-0.2, 0) is 29.2 Å². The molecule has 0 atom stereocenters. The number of fused-ring (bicyclic) bond motifs is 1. The standard InChI is InChI=1S/C24H24ClN5O2/c25-22-21-23(29-24(26)28-22)30(17-27-21)12-11-20(15-31-13-18-7-3-1-4-8-18)16-32-14-19-9-5-2-6-10-19/h1-11,17H,12-16H2,(H2,26,28,29). The van der Waals surface area contributed by atoms with E-state index in [4.69, 9.17) is 26.8 Å². The zero-order valence-corrected chi connectivity index (χ0v) is 18.3. The van der Waals surface area contributed by atoms with Crippen LogP contribution in [0.25, 0.3) is 11.2 Å². The van der Waals surface area contributed by atoms with Gasteiger partial charge in [-0.05, 0) is 16.7 Å². The van der Waals surface area contributed by atoms with Crippen LogP contribution in [0.2, 0.25) is 5.15 Å². The average molecular weight is 450 g/mol. The number of hydrogen-bond donors (Lipinski definition) is 1. The fourth-order valence-electron chi connectivity index (χ4n) is 3.19. The number of halogens is 1. The Hall–Kier alpha value is -3.26. The first kappa shape index (κ1) is 22.0. The van der Waals surface area contributed by atoms with Crippen LogP contribution >= 0.6 is 11.6 Å². The van der Waals surface area contributed by atoms with Gasteiger partial charge in [-0.25, -0.2) is 4.98 Å². The lowest BCUT2D eigenvalue weighted by Gasteiger charge is -2.11. The molecule has 7 nitrogen and oxygen atoms in total. The van der Waals surface area contributed by atoms with Gasteiger partial charge in [-0.15, -0.1) is 0 Å². The van der Waals surface area contributed by atoms with Gasteiger partial charge >= 0.3 is 0 Å². The maximum atomic E-state index is 6.13. The molecule has 32 heavy (non-hydrogen) atoms. The summed E-state index contributed by atoms with van der Waals surface area (Å²) >= 11 is 6.13. The molecule has 2 aromatic carbocycles. The van der Waals surface area contributed by atoms with Gasteiger partial charge in [0.1, 0.15) is 5.52 Å². The summed E-state index contributed by atoms with van der Waals surface area (Å²) in [6.45, 7) is 2.50. The minimum atomic E-state index is 0.117. The minimum Gasteiger partial charge on any atom is -0.372 e. The summed E-state index contributed by atoms with van der Waals surface area (Å²) in [5.41, 5.74) is 10.1. The summed E-state index contributed by atoms with van der Waals surface area (Å²) in [6, 6.07) is 20.2. The number of benzene rings is 2.